The van der Waals surface area contributed by atoms with Crippen molar-refractivity contribution in [2.24, 2.45) is 0 Å². The van der Waals surface area contributed by atoms with Crippen LogP contribution in [0.3, 0.4) is 0 Å². The molecule has 16 nitrogen and oxygen atoms in total. The van der Waals surface area contributed by atoms with Crippen molar-refractivity contribution in [3.8, 4) is 5.75 Å². The molecule has 0 bridgehead atoms. The van der Waals surface area contributed by atoms with Gasteiger partial charge in [0.25, 0.3) is 17.7 Å². The molecule has 192 valence electrons. The van der Waals surface area contributed by atoms with E-state index in [1.54, 1.807) is 0 Å². The quantitative estimate of drug-likeness (QED) is 0.240. The summed E-state index contributed by atoms with van der Waals surface area (Å²) in [5.74, 6) is -6.78. The van der Waals surface area contributed by atoms with Gasteiger partial charge in [-0.25, -0.2) is 4.79 Å². The number of nitrogens with one attached hydrogen (secondary N) is 2. The fourth-order valence-corrected chi connectivity index (χ4v) is 3.89. The van der Waals surface area contributed by atoms with E-state index in [1.165, 1.54) is 25.2 Å². The van der Waals surface area contributed by atoms with Crippen LogP contribution in [0.15, 0.2) is 18.2 Å². The molecular formula is C19H24N4O12. The second-order valence-electron chi connectivity index (χ2n) is 7.65. The summed E-state index contributed by atoms with van der Waals surface area (Å²) in [5.41, 5.74) is -2.15. The Kier molecular flexibility index (Phi) is 7.39. The van der Waals surface area contributed by atoms with Gasteiger partial charge in [0.2, 0.25) is 11.6 Å². The fraction of sp³-hybridized carbons (Fsp3) is 0.421. The number of likely N-dealkylation sites (N-methyl/N-ethyl adjacent to an activating group) is 1. The minimum Gasteiger partial charge on any atom is -0.459 e. The number of nitrogens with zero attached hydrogens (tertiary/aromatic N) is 2. The van der Waals surface area contributed by atoms with Crippen molar-refractivity contribution in [3.63, 3.8) is 0 Å². The number of carbonyl (C=O) groups is 5. The highest BCUT2D eigenvalue weighted by Crippen LogP contribution is 2.36. The molecule has 2 saturated heterocycles. The summed E-state index contributed by atoms with van der Waals surface area (Å²) in [6, 6.07) is 2.69. The molecule has 3 aliphatic rings. The average Bonchev–Trinajstić information content (AvgIpc) is 3.07. The van der Waals surface area contributed by atoms with Crippen LogP contribution < -0.4 is 15.4 Å². The van der Waals surface area contributed by atoms with Gasteiger partial charge in [-0.2, -0.15) is 0 Å². The highest BCUT2D eigenvalue weighted by molar-refractivity contribution is 6.08. The fourth-order valence-electron chi connectivity index (χ4n) is 3.89. The van der Waals surface area contributed by atoms with Crippen LogP contribution in [0.2, 0.25) is 0 Å². The maximum atomic E-state index is 12.8. The summed E-state index contributed by atoms with van der Waals surface area (Å²) in [6.07, 6.45) is 0. The molecule has 35 heavy (non-hydrogen) atoms. The maximum Gasteiger partial charge on any atom is 0.340 e. The summed E-state index contributed by atoms with van der Waals surface area (Å²) in [5, 5.41) is 33.6. The molecule has 0 spiro atoms. The van der Waals surface area contributed by atoms with Crippen LogP contribution in [-0.2, 0) is 23.9 Å². The number of hydrogen-bond acceptors (Lipinski definition) is 10. The highest BCUT2D eigenvalue weighted by Gasteiger charge is 2.61. The van der Waals surface area contributed by atoms with Gasteiger partial charge in [-0.3, -0.25) is 24.1 Å². The SMILES string of the molecule is CN1C(=O)CN2C(=O)[C@H](COC(=O)c3cccc4c3NC(=O)[C@](O)(CO)O4)NC(=O)[C@]12CO.O.O. The summed E-state index contributed by atoms with van der Waals surface area (Å²) in [6.45, 7) is -2.86. The van der Waals surface area contributed by atoms with E-state index in [0.717, 1.165) is 9.80 Å². The molecule has 1 aromatic carbocycles. The van der Waals surface area contributed by atoms with Gasteiger partial charge < -0.3 is 51.3 Å². The van der Waals surface area contributed by atoms with Crippen molar-refractivity contribution in [2.75, 3.05) is 38.7 Å². The number of anilines is 1. The molecule has 0 unspecified atom stereocenters. The second kappa shape index (κ2) is 9.43. The third-order valence-electron chi connectivity index (χ3n) is 5.84. The Hall–Kier alpha value is -3.83. The zero-order valence-corrected chi connectivity index (χ0v) is 18.2. The van der Waals surface area contributed by atoms with Crippen molar-refractivity contribution in [3.05, 3.63) is 23.8 Å². The minimum absolute atomic E-state index is 0. The lowest BCUT2D eigenvalue weighted by molar-refractivity contribution is -0.183. The second-order valence-corrected chi connectivity index (χ2v) is 7.65. The smallest absolute Gasteiger partial charge is 0.340 e. The first-order valence-electron chi connectivity index (χ1n) is 9.73. The van der Waals surface area contributed by atoms with Gasteiger partial charge in [0.15, 0.2) is 0 Å². The third-order valence-corrected chi connectivity index (χ3v) is 5.84. The Morgan fingerprint density at radius 3 is 2.49 bits per heavy atom. The molecule has 0 aliphatic carbocycles. The van der Waals surface area contributed by atoms with E-state index < -0.39 is 73.5 Å². The summed E-state index contributed by atoms with van der Waals surface area (Å²) < 4.78 is 10.2. The van der Waals surface area contributed by atoms with Crippen LogP contribution in [0.5, 0.6) is 5.75 Å². The van der Waals surface area contributed by atoms with Crippen molar-refractivity contribution in [1.82, 2.24) is 15.1 Å². The largest absolute Gasteiger partial charge is 0.459 e. The van der Waals surface area contributed by atoms with E-state index in [9.17, 15) is 39.3 Å². The Bertz CT molecular complexity index is 1080. The number of ether oxygens (including phenoxy) is 2. The maximum absolute atomic E-state index is 12.8. The molecular weight excluding hydrogens is 476 g/mol. The van der Waals surface area contributed by atoms with Gasteiger partial charge in [0.05, 0.1) is 17.9 Å². The van der Waals surface area contributed by atoms with E-state index in [-0.39, 0.29) is 28.0 Å². The van der Waals surface area contributed by atoms with E-state index in [1.807, 2.05) is 0 Å². The van der Waals surface area contributed by atoms with Gasteiger partial charge in [0, 0.05) is 7.05 Å². The highest BCUT2D eigenvalue weighted by atomic mass is 16.6. The van der Waals surface area contributed by atoms with Gasteiger partial charge in [-0.15, -0.1) is 0 Å². The molecule has 3 atom stereocenters. The van der Waals surface area contributed by atoms with Crippen LogP contribution in [0, 0.1) is 0 Å². The molecule has 3 aliphatic heterocycles. The molecule has 0 saturated carbocycles. The van der Waals surface area contributed by atoms with Gasteiger partial charge >= 0.3 is 11.8 Å². The molecule has 16 heteroatoms. The number of esters is 1. The number of aliphatic hydroxyl groups excluding tert-OH is 2. The van der Waals surface area contributed by atoms with E-state index in [0.29, 0.717) is 0 Å². The van der Waals surface area contributed by atoms with E-state index in [2.05, 4.69) is 10.6 Å². The Labute approximate surface area is 196 Å². The zero-order chi connectivity index (χ0) is 24.1. The number of para-hydroxylation sites is 1. The van der Waals surface area contributed by atoms with Crippen LogP contribution >= 0.6 is 0 Å². The van der Waals surface area contributed by atoms with Crippen LogP contribution in [0.25, 0.3) is 0 Å². The lowest BCUT2D eigenvalue weighted by atomic mass is 10.0. The normalized spacial score (nSPS) is 26.9. The summed E-state index contributed by atoms with van der Waals surface area (Å²) >= 11 is 0. The monoisotopic (exact) mass is 500 g/mol. The molecule has 4 amide bonds. The number of aliphatic hydroxyl groups is 3. The molecule has 0 aromatic heterocycles. The zero-order valence-electron chi connectivity index (χ0n) is 18.2. The Morgan fingerprint density at radius 1 is 1.17 bits per heavy atom. The molecule has 0 radical (unpaired) electrons. The number of rotatable bonds is 5. The van der Waals surface area contributed by atoms with E-state index >= 15 is 0 Å². The lowest BCUT2D eigenvalue weighted by Gasteiger charge is -2.44. The first-order chi connectivity index (χ1) is 15.6. The number of amides is 4. The number of fused-ring (bicyclic) bond motifs is 2. The van der Waals surface area contributed by atoms with Gasteiger partial charge in [-0.05, 0) is 12.1 Å². The van der Waals surface area contributed by atoms with Crippen molar-refractivity contribution < 1.29 is 59.7 Å². The van der Waals surface area contributed by atoms with Gasteiger partial charge in [-0.1, -0.05) is 6.07 Å². The predicted molar refractivity (Wildman–Crippen MR) is 111 cm³/mol. The number of piperazine rings is 1. The first kappa shape index (κ1) is 27.4. The number of carbonyl (C=O) groups excluding carboxylic acids is 5. The average molecular weight is 500 g/mol. The van der Waals surface area contributed by atoms with Crippen molar-refractivity contribution >= 4 is 35.3 Å². The molecule has 3 heterocycles. The molecule has 4 rings (SSSR count). The molecule has 9 N–H and O–H groups in total. The molecule has 1 aromatic rings. The van der Waals surface area contributed by atoms with E-state index in [4.69, 9.17) is 9.47 Å². The van der Waals surface area contributed by atoms with Crippen molar-refractivity contribution in [2.45, 2.75) is 17.5 Å². The lowest BCUT2D eigenvalue weighted by Crippen LogP contribution is -2.74. The summed E-state index contributed by atoms with van der Waals surface area (Å²) in [4.78, 5) is 64.2. The minimum atomic E-state index is -2.52. The van der Waals surface area contributed by atoms with Crippen molar-refractivity contribution in [1.29, 1.82) is 0 Å². The number of hydrogen-bond donors (Lipinski definition) is 5. The Morgan fingerprint density at radius 2 is 1.86 bits per heavy atom. The standard InChI is InChI=1S/C19H20N4O10.2H2O/c1-22-12(26)5-23-14(27)10(20-16(29)18(22,23)7-24)6-32-15(28)9-3-2-4-11-13(9)21-17(30)19(31,8-25)33-11;;/h2-4,10,24-25,31H,5-8H2,1H3,(H,20,29)(H,21,30);2*1H2/t10-,18+,19-;;/m0../s1. The third kappa shape index (κ3) is 3.92. The number of benzene rings is 1. The predicted octanol–water partition coefficient (Wildman–Crippen LogP) is -5.31. The first-order valence-corrected chi connectivity index (χ1v) is 9.73. The molecule has 2 fully saturated rings. The van der Waals surface area contributed by atoms with Crippen LogP contribution in [0.1, 0.15) is 10.4 Å². The topological polar surface area (TPSA) is 258 Å². The van der Waals surface area contributed by atoms with Gasteiger partial charge in [0.1, 0.15) is 31.5 Å². The Balaban J connectivity index is 0.00000216. The summed E-state index contributed by atoms with van der Waals surface area (Å²) in [7, 11) is 1.29. The van der Waals surface area contributed by atoms with Crippen LogP contribution in [-0.4, -0.2) is 117 Å². The van der Waals surface area contributed by atoms with Crippen LogP contribution in [0.4, 0.5) is 5.69 Å².